The standard InChI is InChI=1S/C27H26FN7O2/c1-14(36)23-24(17-10-19-7-8-20(11-17)34(19)27(30)37)33-26-21(13-32-35(26)25(23)29)16-4-9-22(31-12-16)15-2-5-18(28)6-3-15/h2-6,9,12-13,17,19-20H,7-8,10-11,29H2,1H3,(H2,30,37). The highest BCUT2D eigenvalue weighted by atomic mass is 19.1. The summed E-state index contributed by atoms with van der Waals surface area (Å²) in [6.07, 6.45) is 6.53. The van der Waals surface area contributed by atoms with Crippen LogP contribution in [0.25, 0.3) is 28.0 Å². The summed E-state index contributed by atoms with van der Waals surface area (Å²) in [5.74, 6) is -0.251. The molecule has 2 fully saturated rings. The first-order chi connectivity index (χ1) is 17.8. The number of nitrogens with two attached hydrogens (primary N) is 2. The molecule has 2 aliphatic heterocycles. The van der Waals surface area contributed by atoms with Crippen molar-refractivity contribution in [1.82, 2.24) is 24.5 Å². The number of pyridine rings is 1. The number of fused-ring (bicyclic) bond motifs is 3. The molecule has 3 aromatic heterocycles. The van der Waals surface area contributed by atoms with E-state index in [9.17, 15) is 14.0 Å². The van der Waals surface area contributed by atoms with Crippen molar-refractivity contribution in [3.63, 3.8) is 0 Å². The predicted molar refractivity (Wildman–Crippen MR) is 136 cm³/mol. The van der Waals surface area contributed by atoms with Gasteiger partial charge in [-0.2, -0.15) is 9.61 Å². The normalized spacial score (nSPS) is 20.9. The smallest absolute Gasteiger partial charge is 0.315 e. The van der Waals surface area contributed by atoms with E-state index in [1.165, 1.54) is 23.6 Å². The summed E-state index contributed by atoms with van der Waals surface area (Å²) < 4.78 is 14.8. The van der Waals surface area contributed by atoms with Crippen molar-refractivity contribution in [1.29, 1.82) is 0 Å². The zero-order valence-electron chi connectivity index (χ0n) is 20.3. The van der Waals surface area contributed by atoms with E-state index in [1.54, 1.807) is 29.4 Å². The lowest BCUT2D eigenvalue weighted by atomic mass is 9.85. The van der Waals surface area contributed by atoms with Gasteiger partial charge >= 0.3 is 6.03 Å². The Hall–Kier alpha value is -4.34. The summed E-state index contributed by atoms with van der Waals surface area (Å²) in [4.78, 5) is 36.0. The Balaban J connectivity index is 1.41. The number of piperidine rings is 1. The average molecular weight is 500 g/mol. The SMILES string of the molecule is CC(=O)c1c(C2CC3CCC(C2)N3C(N)=O)nc2c(-c3ccc(-c4ccc(F)cc4)nc3)cnn2c1N. The maximum Gasteiger partial charge on any atom is 0.315 e. The number of carbonyl (C=O) groups is 2. The van der Waals surface area contributed by atoms with Gasteiger partial charge in [0.15, 0.2) is 11.4 Å². The van der Waals surface area contributed by atoms with E-state index in [2.05, 4.69) is 10.1 Å². The third-order valence-electron chi connectivity index (χ3n) is 7.65. The molecular weight excluding hydrogens is 473 g/mol. The molecule has 5 heterocycles. The molecule has 4 N–H and O–H groups in total. The van der Waals surface area contributed by atoms with Crippen LogP contribution in [0.1, 0.15) is 54.6 Å². The quantitative estimate of drug-likeness (QED) is 0.405. The van der Waals surface area contributed by atoms with Crippen molar-refractivity contribution >= 4 is 23.3 Å². The molecule has 1 aromatic carbocycles. The molecule has 2 bridgehead atoms. The number of aromatic nitrogens is 4. The minimum Gasteiger partial charge on any atom is -0.383 e. The Morgan fingerprint density at radius 1 is 1.00 bits per heavy atom. The molecule has 0 radical (unpaired) electrons. The molecule has 2 amide bonds. The molecule has 0 spiro atoms. The van der Waals surface area contributed by atoms with Crippen molar-refractivity contribution in [2.45, 2.75) is 50.6 Å². The number of halogens is 1. The lowest BCUT2D eigenvalue weighted by Crippen LogP contribution is -2.48. The van der Waals surface area contributed by atoms with Crippen molar-refractivity contribution < 1.29 is 14.0 Å². The molecule has 2 unspecified atom stereocenters. The van der Waals surface area contributed by atoms with E-state index >= 15 is 0 Å². The largest absolute Gasteiger partial charge is 0.383 e. The molecule has 2 aliphatic rings. The number of hydrogen-bond acceptors (Lipinski definition) is 6. The number of Topliss-reactive ketones (excluding diaryl/α,β-unsaturated/α-hetero) is 1. The van der Waals surface area contributed by atoms with Gasteiger partial charge in [-0.15, -0.1) is 0 Å². The molecule has 0 saturated carbocycles. The van der Waals surface area contributed by atoms with E-state index in [-0.39, 0.29) is 35.4 Å². The topological polar surface area (TPSA) is 132 Å². The van der Waals surface area contributed by atoms with Crippen molar-refractivity contribution in [3.8, 4) is 22.4 Å². The number of nitrogen functional groups attached to an aromatic ring is 1. The molecule has 2 atom stereocenters. The summed E-state index contributed by atoms with van der Waals surface area (Å²) in [6.45, 7) is 1.48. The second-order valence-electron chi connectivity index (χ2n) is 9.84. The van der Waals surface area contributed by atoms with Crippen LogP contribution in [0.3, 0.4) is 0 Å². The van der Waals surface area contributed by atoms with Crippen LogP contribution in [0.4, 0.5) is 15.0 Å². The predicted octanol–water partition coefficient (Wildman–Crippen LogP) is 4.17. The summed E-state index contributed by atoms with van der Waals surface area (Å²) >= 11 is 0. The number of urea groups is 1. The van der Waals surface area contributed by atoms with Gasteiger partial charge in [0, 0.05) is 40.9 Å². The van der Waals surface area contributed by atoms with Crippen LogP contribution < -0.4 is 11.5 Å². The van der Waals surface area contributed by atoms with Gasteiger partial charge in [0.25, 0.3) is 0 Å². The number of amides is 2. The summed E-state index contributed by atoms with van der Waals surface area (Å²) in [6, 6.07) is 9.61. The van der Waals surface area contributed by atoms with Crippen LogP contribution in [0, 0.1) is 5.82 Å². The van der Waals surface area contributed by atoms with Crippen LogP contribution in [0.15, 0.2) is 48.8 Å². The fourth-order valence-corrected chi connectivity index (χ4v) is 6.00. The van der Waals surface area contributed by atoms with Crippen LogP contribution in [0.5, 0.6) is 0 Å². The van der Waals surface area contributed by atoms with E-state index < -0.39 is 6.03 Å². The van der Waals surface area contributed by atoms with Gasteiger partial charge in [-0.25, -0.2) is 14.2 Å². The maximum absolute atomic E-state index is 13.3. The van der Waals surface area contributed by atoms with Crippen molar-refractivity contribution in [2.75, 3.05) is 5.73 Å². The maximum atomic E-state index is 13.3. The van der Waals surface area contributed by atoms with Gasteiger partial charge in [0.05, 0.1) is 23.1 Å². The highest BCUT2D eigenvalue weighted by Gasteiger charge is 2.44. The van der Waals surface area contributed by atoms with Gasteiger partial charge in [-0.05, 0) is 62.9 Å². The number of benzene rings is 1. The van der Waals surface area contributed by atoms with Crippen molar-refractivity contribution in [3.05, 3.63) is 65.9 Å². The Morgan fingerprint density at radius 3 is 2.27 bits per heavy atom. The molecule has 37 heavy (non-hydrogen) atoms. The summed E-state index contributed by atoms with van der Waals surface area (Å²) in [5.41, 5.74) is 16.7. The minimum absolute atomic E-state index is 0.0268. The second-order valence-corrected chi connectivity index (χ2v) is 9.84. The van der Waals surface area contributed by atoms with Crippen LogP contribution in [-0.2, 0) is 0 Å². The molecule has 2 saturated heterocycles. The molecule has 188 valence electrons. The fourth-order valence-electron chi connectivity index (χ4n) is 6.00. The van der Waals surface area contributed by atoms with E-state index in [0.29, 0.717) is 35.4 Å². The van der Waals surface area contributed by atoms with E-state index in [0.717, 1.165) is 29.5 Å². The lowest BCUT2D eigenvalue weighted by molar-refractivity contribution is 0.101. The average Bonchev–Trinajstić information content (AvgIpc) is 3.43. The summed E-state index contributed by atoms with van der Waals surface area (Å²) in [7, 11) is 0. The van der Waals surface area contributed by atoms with Gasteiger partial charge in [-0.3, -0.25) is 9.78 Å². The lowest BCUT2D eigenvalue weighted by Gasteiger charge is -2.38. The van der Waals surface area contributed by atoms with Crippen LogP contribution in [0.2, 0.25) is 0 Å². The molecule has 9 nitrogen and oxygen atoms in total. The van der Waals surface area contributed by atoms with Gasteiger partial charge in [0.1, 0.15) is 11.6 Å². The Morgan fingerprint density at radius 2 is 1.68 bits per heavy atom. The third-order valence-corrected chi connectivity index (χ3v) is 7.65. The zero-order valence-corrected chi connectivity index (χ0v) is 20.3. The first-order valence-electron chi connectivity index (χ1n) is 12.3. The van der Waals surface area contributed by atoms with Gasteiger partial charge < -0.3 is 16.4 Å². The molecule has 0 aliphatic carbocycles. The van der Waals surface area contributed by atoms with Gasteiger partial charge in [-0.1, -0.05) is 6.07 Å². The zero-order chi connectivity index (χ0) is 25.8. The van der Waals surface area contributed by atoms with Crippen LogP contribution >= 0.6 is 0 Å². The highest BCUT2D eigenvalue weighted by Crippen LogP contribution is 2.44. The number of nitrogens with zero attached hydrogens (tertiary/aromatic N) is 5. The number of carbonyl (C=O) groups excluding carboxylic acids is 2. The number of ketones is 1. The number of primary amides is 1. The Bertz CT molecular complexity index is 1520. The summed E-state index contributed by atoms with van der Waals surface area (Å²) in [5, 5.41) is 4.43. The highest BCUT2D eigenvalue weighted by molar-refractivity contribution is 6.00. The monoisotopic (exact) mass is 499 g/mol. The molecule has 4 aromatic rings. The Labute approximate surface area is 212 Å². The molecular formula is C27H26FN7O2. The van der Waals surface area contributed by atoms with E-state index in [4.69, 9.17) is 16.5 Å². The van der Waals surface area contributed by atoms with E-state index in [1.807, 2.05) is 12.1 Å². The second kappa shape index (κ2) is 8.65. The first-order valence-corrected chi connectivity index (χ1v) is 12.3. The first kappa shape index (κ1) is 23.1. The Kier molecular flexibility index (Phi) is 5.40. The minimum atomic E-state index is -0.393. The third kappa shape index (κ3) is 3.80. The van der Waals surface area contributed by atoms with Gasteiger partial charge in [0.2, 0.25) is 0 Å². The number of hydrogen-bond donors (Lipinski definition) is 2. The fraction of sp³-hybridized carbons (Fsp3) is 0.296. The number of rotatable bonds is 4. The van der Waals surface area contributed by atoms with Crippen molar-refractivity contribution in [2.24, 2.45) is 5.73 Å². The molecule has 6 rings (SSSR count). The van der Waals surface area contributed by atoms with Crippen LogP contribution in [-0.4, -0.2) is 48.4 Å². The molecule has 10 heteroatoms. The number of anilines is 1.